The fourth-order valence-electron chi connectivity index (χ4n) is 3.74. The van der Waals surface area contributed by atoms with Gasteiger partial charge in [-0.05, 0) is 43.3 Å². The van der Waals surface area contributed by atoms with Crippen LogP contribution in [-0.4, -0.2) is 60.7 Å². The summed E-state index contributed by atoms with van der Waals surface area (Å²) in [6, 6.07) is 14.2. The monoisotopic (exact) mass is 442 g/mol. The number of fused-ring (bicyclic) bond motifs is 1. The predicted molar refractivity (Wildman–Crippen MR) is 117 cm³/mol. The minimum atomic E-state index is -3.91. The second-order valence-corrected chi connectivity index (χ2v) is 9.32. The molecule has 0 saturated carbocycles. The highest BCUT2D eigenvalue weighted by atomic mass is 32.2. The molecule has 3 aromatic rings. The number of anilines is 1. The van der Waals surface area contributed by atoms with Gasteiger partial charge in [0.05, 0.1) is 17.2 Å². The quantitative estimate of drug-likeness (QED) is 0.657. The molecule has 1 aromatic heterocycles. The maximum atomic E-state index is 14.0. The Balaban J connectivity index is 1.41. The van der Waals surface area contributed by atoms with Crippen LogP contribution in [0.5, 0.6) is 0 Å². The molecular formula is C22H23FN4O3S. The Kier molecular flexibility index (Phi) is 5.99. The van der Waals surface area contributed by atoms with Gasteiger partial charge < -0.3 is 5.32 Å². The number of pyridine rings is 1. The van der Waals surface area contributed by atoms with Crippen LogP contribution in [0, 0.1) is 5.82 Å². The van der Waals surface area contributed by atoms with E-state index in [2.05, 4.69) is 10.3 Å². The van der Waals surface area contributed by atoms with E-state index < -0.39 is 21.9 Å². The summed E-state index contributed by atoms with van der Waals surface area (Å²) in [5.74, 6) is -0.941. The molecule has 7 nitrogen and oxygen atoms in total. The van der Waals surface area contributed by atoms with Crippen molar-refractivity contribution in [2.24, 2.45) is 0 Å². The SMILES string of the molecule is CC(C(=O)Nc1cccc2ncccc12)N1CCN(S(=O)(=O)c2ccccc2F)CC1. The van der Waals surface area contributed by atoms with Crippen molar-refractivity contribution in [2.45, 2.75) is 17.9 Å². The van der Waals surface area contributed by atoms with Gasteiger partial charge in [-0.1, -0.05) is 18.2 Å². The zero-order valence-corrected chi connectivity index (χ0v) is 17.8. The average Bonchev–Trinajstić information content (AvgIpc) is 2.79. The van der Waals surface area contributed by atoms with Crippen LogP contribution in [0.4, 0.5) is 10.1 Å². The summed E-state index contributed by atoms with van der Waals surface area (Å²) in [5.41, 5.74) is 1.48. The Morgan fingerprint density at radius 1 is 1.03 bits per heavy atom. The number of carbonyl (C=O) groups is 1. The van der Waals surface area contributed by atoms with Crippen LogP contribution in [0.25, 0.3) is 10.9 Å². The fourth-order valence-corrected chi connectivity index (χ4v) is 5.23. The number of piperazine rings is 1. The van der Waals surface area contributed by atoms with E-state index in [-0.39, 0.29) is 23.9 Å². The van der Waals surface area contributed by atoms with E-state index in [0.717, 1.165) is 17.0 Å². The van der Waals surface area contributed by atoms with Gasteiger partial charge in [0.25, 0.3) is 0 Å². The van der Waals surface area contributed by atoms with Crippen molar-refractivity contribution in [3.05, 3.63) is 66.6 Å². The molecule has 4 rings (SSSR count). The number of halogens is 1. The third-order valence-electron chi connectivity index (χ3n) is 5.56. The zero-order chi connectivity index (χ0) is 22.0. The molecule has 1 fully saturated rings. The predicted octanol–water partition coefficient (Wildman–Crippen LogP) is 2.71. The number of rotatable bonds is 5. The zero-order valence-electron chi connectivity index (χ0n) is 17.0. The van der Waals surface area contributed by atoms with Crippen LogP contribution in [0.1, 0.15) is 6.92 Å². The molecule has 2 aromatic carbocycles. The molecule has 1 N–H and O–H groups in total. The summed E-state index contributed by atoms with van der Waals surface area (Å²) in [7, 11) is -3.91. The van der Waals surface area contributed by atoms with Gasteiger partial charge in [0.2, 0.25) is 15.9 Å². The van der Waals surface area contributed by atoms with Crippen molar-refractivity contribution in [3.8, 4) is 0 Å². The first-order chi connectivity index (χ1) is 14.9. The van der Waals surface area contributed by atoms with Gasteiger partial charge in [0.15, 0.2) is 0 Å². The number of nitrogens with zero attached hydrogens (tertiary/aromatic N) is 3. The van der Waals surface area contributed by atoms with Crippen molar-refractivity contribution in [2.75, 3.05) is 31.5 Å². The van der Waals surface area contributed by atoms with Gasteiger partial charge in [-0.25, -0.2) is 12.8 Å². The van der Waals surface area contributed by atoms with E-state index in [1.807, 2.05) is 35.2 Å². The Morgan fingerprint density at radius 3 is 2.52 bits per heavy atom. The second kappa shape index (κ2) is 8.70. The molecule has 1 aliphatic rings. The molecule has 0 bridgehead atoms. The summed E-state index contributed by atoms with van der Waals surface area (Å²) >= 11 is 0. The molecule has 9 heteroatoms. The summed E-state index contributed by atoms with van der Waals surface area (Å²) < 4.78 is 40.8. The molecule has 31 heavy (non-hydrogen) atoms. The molecule has 162 valence electrons. The van der Waals surface area contributed by atoms with E-state index in [1.54, 1.807) is 13.1 Å². The number of carbonyl (C=O) groups excluding carboxylic acids is 1. The van der Waals surface area contributed by atoms with E-state index >= 15 is 0 Å². The Labute approximate surface area is 180 Å². The van der Waals surface area contributed by atoms with Gasteiger partial charge in [-0.15, -0.1) is 0 Å². The lowest BCUT2D eigenvalue weighted by Gasteiger charge is -2.36. The van der Waals surface area contributed by atoms with Crippen molar-refractivity contribution in [3.63, 3.8) is 0 Å². The highest BCUT2D eigenvalue weighted by Gasteiger charge is 2.33. The van der Waals surface area contributed by atoms with Crippen molar-refractivity contribution in [1.29, 1.82) is 0 Å². The number of aromatic nitrogens is 1. The summed E-state index contributed by atoms with van der Waals surface area (Å²) in [6.45, 7) is 2.91. The lowest BCUT2D eigenvalue weighted by molar-refractivity contribution is -0.121. The lowest BCUT2D eigenvalue weighted by atomic mass is 10.1. The van der Waals surface area contributed by atoms with Crippen LogP contribution in [-0.2, 0) is 14.8 Å². The number of benzene rings is 2. The highest BCUT2D eigenvalue weighted by Crippen LogP contribution is 2.23. The van der Waals surface area contributed by atoms with E-state index in [9.17, 15) is 17.6 Å². The molecule has 1 unspecified atom stereocenters. The van der Waals surface area contributed by atoms with Gasteiger partial charge in [0.1, 0.15) is 10.7 Å². The first-order valence-corrected chi connectivity index (χ1v) is 11.5. The highest BCUT2D eigenvalue weighted by molar-refractivity contribution is 7.89. The first-order valence-electron chi connectivity index (χ1n) is 10.0. The van der Waals surface area contributed by atoms with Crippen LogP contribution in [0.3, 0.4) is 0 Å². The summed E-state index contributed by atoms with van der Waals surface area (Å²) in [6.07, 6.45) is 1.70. The van der Waals surface area contributed by atoms with Crippen LogP contribution in [0.2, 0.25) is 0 Å². The Hall–Kier alpha value is -2.88. The summed E-state index contributed by atoms with van der Waals surface area (Å²) in [4.78, 5) is 18.7. The molecule has 1 atom stereocenters. The summed E-state index contributed by atoms with van der Waals surface area (Å²) in [5, 5.41) is 3.81. The number of amides is 1. The minimum Gasteiger partial charge on any atom is -0.324 e. The Morgan fingerprint density at radius 2 is 1.77 bits per heavy atom. The van der Waals surface area contributed by atoms with Crippen LogP contribution >= 0.6 is 0 Å². The molecule has 0 radical (unpaired) electrons. The fraction of sp³-hybridized carbons (Fsp3) is 0.273. The third kappa shape index (κ3) is 4.30. The lowest BCUT2D eigenvalue weighted by Crippen LogP contribution is -2.54. The first kappa shape index (κ1) is 21.4. The smallest absolute Gasteiger partial charge is 0.246 e. The van der Waals surface area contributed by atoms with Gasteiger partial charge in [-0.3, -0.25) is 14.7 Å². The third-order valence-corrected chi connectivity index (χ3v) is 7.49. The molecule has 2 heterocycles. The number of nitrogens with one attached hydrogen (secondary N) is 1. The van der Waals surface area contributed by atoms with E-state index in [0.29, 0.717) is 18.8 Å². The van der Waals surface area contributed by atoms with Gasteiger partial charge >= 0.3 is 0 Å². The average molecular weight is 443 g/mol. The van der Waals surface area contributed by atoms with Crippen molar-refractivity contribution < 1.29 is 17.6 Å². The number of hydrogen-bond acceptors (Lipinski definition) is 5. The van der Waals surface area contributed by atoms with E-state index in [4.69, 9.17) is 0 Å². The Bertz CT molecular complexity index is 1200. The van der Waals surface area contributed by atoms with Crippen molar-refractivity contribution >= 4 is 32.5 Å². The maximum Gasteiger partial charge on any atom is 0.246 e. The molecule has 1 saturated heterocycles. The molecular weight excluding hydrogens is 419 g/mol. The van der Waals surface area contributed by atoms with Gasteiger partial charge in [-0.2, -0.15) is 4.31 Å². The molecule has 0 spiro atoms. The van der Waals surface area contributed by atoms with Crippen molar-refractivity contribution in [1.82, 2.24) is 14.2 Å². The van der Waals surface area contributed by atoms with Crippen LogP contribution in [0.15, 0.2) is 65.7 Å². The standard InChI is InChI=1S/C22H23FN4O3S/c1-16(22(28)25-20-9-4-8-19-17(20)6-5-11-24-19)26-12-14-27(15-13-26)31(29,30)21-10-3-2-7-18(21)23/h2-11,16H,12-15H2,1H3,(H,25,28). The second-order valence-electron chi connectivity index (χ2n) is 7.41. The normalized spacial score (nSPS) is 16.8. The largest absolute Gasteiger partial charge is 0.324 e. The van der Waals surface area contributed by atoms with E-state index in [1.165, 1.54) is 22.5 Å². The number of sulfonamides is 1. The van der Waals surface area contributed by atoms with Gasteiger partial charge in [0, 0.05) is 37.8 Å². The molecule has 0 aliphatic carbocycles. The maximum absolute atomic E-state index is 14.0. The molecule has 1 amide bonds. The minimum absolute atomic E-state index is 0.179. The number of hydrogen-bond donors (Lipinski definition) is 1. The molecule has 1 aliphatic heterocycles. The topological polar surface area (TPSA) is 82.6 Å². The van der Waals surface area contributed by atoms with Crippen LogP contribution < -0.4 is 5.32 Å².